The zero-order chi connectivity index (χ0) is 20.3. The van der Waals surface area contributed by atoms with Gasteiger partial charge in [0.15, 0.2) is 0 Å². The zero-order valence-electron chi connectivity index (χ0n) is 16.3. The van der Waals surface area contributed by atoms with E-state index in [1.807, 2.05) is 30.3 Å². The minimum Gasteiger partial charge on any atom is -0.496 e. The van der Waals surface area contributed by atoms with E-state index in [-0.39, 0.29) is 6.03 Å². The molecule has 7 heteroatoms. The summed E-state index contributed by atoms with van der Waals surface area (Å²) in [5, 5.41) is 10.3. The van der Waals surface area contributed by atoms with Crippen molar-refractivity contribution < 1.29 is 9.53 Å². The van der Waals surface area contributed by atoms with Gasteiger partial charge in [0.1, 0.15) is 5.75 Å². The van der Waals surface area contributed by atoms with Gasteiger partial charge in [-0.2, -0.15) is 5.10 Å². The van der Waals surface area contributed by atoms with E-state index in [0.717, 1.165) is 11.3 Å². The summed E-state index contributed by atoms with van der Waals surface area (Å²) in [5.41, 5.74) is 4.02. The number of nitrogens with zero attached hydrogens (tertiary/aromatic N) is 2. The third kappa shape index (κ3) is 4.28. The maximum atomic E-state index is 12.4. The topological polar surface area (TPSA) is 68.2 Å². The first kappa shape index (κ1) is 19.8. The molecule has 0 fully saturated rings. The molecule has 0 saturated carbocycles. The zero-order valence-corrected chi connectivity index (χ0v) is 17.0. The molecule has 146 valence electrons. The van der Waals surface area contributed by atoms with E-state index >= 15 is 0 Å². The van der Waals surface area contributed by atoms with E-state index in [1.165, 1.54) is 5.56 Å². The third-order valence-corrected chi connectivity index (χ3v) is 4.72. The van der Waals surface area contributed by atoms with E-state index in [0.29, 0.717) is 28.1 Å². The number of methoxy groups -OCH3 is 1. The first-order valence-corrected chi connectivity index (χ1v) is 9.30. The van der Waals surface area contributed by atoms with Gasteiger partial charge in [0.25, 0.3) is 0 Å². The van der Waals surface area contributed by atoms with E-state index in [2.05, 4.69) is 29.6 Å². The number of ether oxygens (including phenoxy) is 1. The molecular formula is C21H23ClN4O2. The number of hydrogen-bond donors (Lipinski definition) is 2. The molecule has 1 aromatic heterocycles. The largest absolute Gasteiger partial charge is 0.496 e. The van der Waals surface area contributed by atoms with Crippen LogP contribution in [0.1, 0.15) is 25.3 Å². The molecule has 0 aliphatic carbocycles. The van der Waals surface area contributed by atoms with Crippen LogP contribution >= 0.6 is 11.6 Å². The molecule has 0 unspecified atom stereocenters. The number of rotatable bonds is 5. The highest BCUT2D eigenvalue weighted by Gasteiger charge is 2.16. The Balaban J connectivity index is 1.79. The van der Waals surface area contributed by atoms with Gasteiger partial charge in [0.05, 0.1) is 24.0 Å². The van der Waals surface area contributed by atoms with Crippen LogP contribution in [0.3, 0.4) is 0 Å². The van der Waals surface area contributed by atoms with Gasteiger partial charge in [-0.1, -0.05) is 37.6 Å². The lowest BCUT2D eigenvalue weighted by molar-refractivity contribution is 0.262. The molecule has 2 N–H and O–H groups in total. The first-order valence-electron chi connectivity index (χ1n) is 8.93. The quantitative estimate of drug-likeness (QED) is 0.594. The summed E-state index contributed by atoms with van der Waals surface area (Å²) in [4.78, 5) is 12.4. The average molecular weight is 399 g/mol. The second-order valence-corrected chi connectivity index (χ2v) is 7.14. The van der Waals surface area contributed by atoms with Crippen LogP contribution < -0.4 is 15.4 Å². The fourth-order valence-corrected chi connectivity index (χ4v) is 3.20. The monoisotopic (exact) mass is 398 g/mol. The molecule has 2 aromatic carbocycles. The number of amides is 2. The molecule has 3 rings (SSSR count). The lowest BCUT2D eigenvalue weighted by atomic mass is 10.0. The van der Waals surface area contributed by atoms with Gasteiger partial charge < -0.3 is 15.4 Å². The Morgan fingerprint density at radius 3 is 2.32 bits per heavy atom. The molecule has 0 aliphatic rings. The number of halogens is 1. The van der Waals surface area contributed by atoms with Crippen LogP contribution in [0.15, 0.2) is 48.7 Å². The van der Waals surface area contributed by atoms with Crippen molar-refractivity contribution in [1.82, 2.24) is 9.78 Å². The van der Waals surface area contributed by atoms with Crippen LogP contribution in [0, 0.1) is 0 Å². The van der Waals surface area contributed by atoms with E-state index in [9.17, 15) is 4.79 Å². The van der Waals surface area contributed by atoms with E-state index < -0.39 is 0 Å². The van der Waals surface area contributed by atoms with Gasteiger partial charge in [-0.15, -0.1) is 0 Å². The van der Waals surface area contributed by atoms with Crippen LogP contribution in [0.4, 0.5) is 16.2 Å². The molecule has 0 radical (unpaired) electrons. The van der Waals surface area contributed by atoms with Gasteiger partial charge in [0, 0.05) is 24.0 Å². The van der Waals surface area contributed by atoms with Crippen molar-refractivity contribution in [2.45, 2.75) is 19.8 Å². The fraction of sp³-hybridized carbons (Fsp3) is 0.238. The number of aryl methyl sites for hydroxylation is 1. The Kier molecular flexibility index (Phi) is 5.90. The first-order chi connectivity index (χ1) is 13.4. The molecule has 0 spiro atoms. The predicted octanol–water partition coefficient (Wildman–Crippen LogP) is 5.52. The summed E-state index contributed by atoms with van der Waals surface area (Å²) in [6, 6.07) is 12.8. The summed E-state index contributed by atoms with van der Waals surface area (Å²) in [6.07, 6.45) is 1.57. The van der Waals surface area contributed by atoms with Crippen molar-refractivity contribution in [1.29, 1.82) is 0 Å². The van der Waals surface area contributed by atoms with Crippen molar-refractivity contribution in [3.63, 3.8) is 0 Å². The van der Waals surface area contributed by atoms with Crippen LogP contribution in [0.25, 0.3) is 11.3 Å². The van der Waals surface area contributed by atoms with Gasteiger partial charge in [-0.05, 0) is 41.8 Å². The minimum atomic E-state index is -0.329. The summed E-state index contributed by atoms with van der Waals surface area (Å²) in [7, 11) is 3.39. The molecule has 0 saturated heterocycles. The van der Waals surface area contributed by atoms with Crippen LogP contribution in [0.5, 0.6) is 5.75 Å². The van der Waals surface area contributed by atoms with Crippen molar-refractivity contribution in [2.75, 3.05) is 17.7 Å². The average Bonchev–Trinajstić information content (AvgIpc) is 3.00. The normalized spacial score (nSPS) is 10.8. The lowest BCUT2D eigenvalue weighted by Crippen LogP contribution is -2.19. The lowest BCUT2D eigenvalue weighted by Gasteiger charge is -2.13. The predicted molar refractivity (Wildman–Crippen MR) is 113 cm³/mol. The molecular weight excluding hydrogens is 376 g/mol. The highest BCUT2D eigenvalue weighted by molar-refractivity contribution is 6.33. The number of urea groups is 1. The Bertz CT molecular complexity index is 961. The Hall–Kier alpha value is -2.99. The van der Waals surface area contributed by atoms with E-state index in [4.69, 9.17) is 16.3 Å². The molecule has 0 atom stereocenters. The van der Waals surface area contributed by atoms with Gasteiger partial charge in [-0.25, -0.2) is 4.79 Å². The maximum absolute atomic E-state index is 12.4. The Labute approximate surface area is 169 Å². The standard InChI is InChI=1S/C21H23ClN4O2/c1-13(2)14-5-7-15(8-6-14)24-21(27)25-16-9-10-19(28-4)17(11-16)20-18(22)12-23-26(20)3/h5-13H,1-4H3,(H2,24,25,27). The molecule has 28 heavy (non-hydrogen) atoms. The maximum Gasteiger partial charge on any atom is 0.323 e. The number of benzene rings is 2. The number of hydrogen-bond acceptors (Lipinski definition) is 3. The molecule has 2 amide bonds. The SMILES string of the molecule is COc1ccc(NC(=O)Nc2ccc(C(C)C)cc2)cc1-c1c(Cl)cnn1C. The van der Waals surface area contributed by atoms with Crippen LogP contribution in [0.2, 0.25) is 5.02 Å². The number of nitrogens with one attached hydrogen (secondary N) is 2. The fourth-order valence-electron chi connectivity index (χ4n) is 2.93. The van der Waals surface area contributed by atoms with Gasteiger partial charge in [-0.3, -0.25) is 4.68 Å². The molecule has 6 nitrogen and oxygen atoms in total. The molecule has 1 heterocycles. The number of carbonyl (C=O) groups is 1. The van der Waals surface area contributed by atoms with Crippen molar-refractivity contribution in [3.8, 4) is 17.0 Å². The van der Waals surface area contributed by atoms with Crippen LogP contribution in [-0.4, -0.2) is 22.9 Å². The Morgan fingerprint density at radius 1 is 1.11 bits per heavy atom. The second kappa shape index (κ2) is 8.35. The van der Waals surface area contributed by atoms with Crippen LogP contribution in [-0.2, 0) is 7.05 Å². The Morgan fingerprint density at radius 2 is 1.75 bits per heavy atom. The number of aromatic nitrogens is 2. The van der Waals surface area contributed by atoms with Gasteiger partial charge >= 0.3 is 6.03 Å². The van der Waals surface area contributed by atoms with Crippen molar-refractivity contribution >= 4 is 29.0 Å². The third-order valence-electron chi connectivity index (χ3n) is 4.44. The highest BCUT2D eigenvalue weighted by Crippen LogP contribution is 2.36. The molecule has 3 aromatic rings. The van der Waals surface area contributed by atoms with Gasteiger partial charge in [0.2, 0.25) is 0 Å². The number of anilines is 2. The van der Waals surface area contributed by atoms with Crippen molar-refractivity contribution in [3.05, 3.63) is 59.2 Å². The summed E-state index contributed by atoms with van der Waals surface area (Å²) >= 11 is 6.27. The molecule has 0 aliphatic heterocycles. The highest BCUT2D eigenvalue weighted by atomic mass is 35.5. The van der Waals surface area contributed by atoms with E-state index in [1.54, 1.807) is 37.2 Å². The summed E-state index contributed by atoms with van der Waals surface area (Å²) in [5.74, 6) is 1.08. The molecule has 0 bridgehead atoms. The minimum absolute atomic E-state index is 0.329. The number of carbonyl (C=O) groups excluding carboxylic acids is 1. The smallest absolute Gasteiger partial charge is 0.323 e. The second-order valence-electron chi connectivity index (χ2n) is 6.74. The van der Waals surface area contributed by atoms with Crippen molar-refractivity contribution in [2.24, 2.45) is 7.05 Å². The summed E-state index contributed by atoms with van der Waals surface area (Å²) < 4.78 is 7.10. The summed E-state index contributed by atoms with van der Waals surface area (Å²) in [6.45, 7) is 4.26.